The summed E-state index contributed by atoms with van der Waals surface area (Å²) < 4.78 is 11.5. The van der Waals surface area contributed by atoms with Crippen molar-refractivity contribution in [3.05, 3.63) is 99.6 Å². The lowest BCUT2D eigenvalue weighted by Crippen LogP contribution is -2.04. The molecule has 1 atom stereocenters. The van der Waals surface area contributed by atoms with Gasteiger partial charge in [-0.25, -0.2) is 0 Å². The quantitative estimate of drug-likeness (QED) is 0.216. The van der Waals surface area contributed by atoms with Gasteiger partial charge in [-0.15, -0.1) is 0 Å². The van der Waals surface area contributed by atoms with Crippen LogP contribution < -0.4 is 9.47 Å². The van der Waals surface area contributed by atoms with Crippen LogP contribution in [0.5, 0.6) is 11.5 Å². The normalized spacial score (nSPS) is 12.0. The topological polar surface area (TPSA) is 85.4 Å². The molecule has 0 aliphatic heterocycles. The number of hydrogen-bond donors (Lipinski definition) is 0. The Balaban J connectivity index is 1.85. The van der Waals surface area contributed by atoms with Gasteiger partial charge >= 0.3 is 0 Å². The third kappa shape index (κ3) is 4.83. The molecule has 3 aromatic rings. The minimum absolute atomic E-state index is 0.0215. The largest absolute Gasteiger partial charge is 0.493 e. The average molecular weight is 400 g/mol. The van der Waals surface area contributed by atoms with Gasteiger partial charge in [-0.2, -0.15) is 5.26 Å². The van der Waals surface area contributed by atoms with Gasteiger partial charge in [-0.05, 0) is 54.0 Å². The van der Waals surface area contributed by atoms with E-state index in [1.807, 2.05) is 43.3 Å². The maximum absolute atomic E-state index is 10.8. The first kappa shape index (κ1) is 20.6. The van der Waals surface area contributed by atoms with Crippen molar-refractivity contribution >= 4 is 17.3 Å². The molecule has 0 N–H and O–H groups in total. The van der Waals surface area contributed by atoms with Crippen LogP contribution in [0.4, 0.5) is 5.69 Å². The van der Waals surface area contributed by atoms with E-state index < -0.39 is 4.92 Å². The Morgan fingerprint density at radius 1 is 1.07 bits per heavy atom. The number of benzene rings is 3. The standard InChI is InChI=1S/C24H20N2O4/c1-17(19-6-4-3-5-7-19)30-23-13-8-18(15-24(23)29-2)14-21(16-25)20-9-11-22(12-10-20)26(27)28/h3-15,17H,1-2H3. The summed E-state index contributed by atoms with van der Waals surface area (Å²) in [5.41, 5.74) is 2.76. The summed E-state index contributed by atoms with van der Waals surface area (Å²) in [4.78, 5) is 10.3. The molecule has 0 saturated carbocycles. The van der Waals surface area contributed by atoms with Crippen LogP contribution in [0.25, 0.3) is 11.6 Å². The van der Waals surface area contributed by atoms with Crippen molar-refractivity contribution in [2.45, 2.75) is 13.0 Å². The maximum atomic E-state index is 10.8. The third-order valence-electron chi connectivity index (χ3n) is 4.58. The van der Waals surface area contributed by atoms with Gasteiger partial charge in [0, 0.05) is 12.1 Å². The van der Waals surface area contributed by atoms with E-state index in [9.17, 15) is 15.4 Å². The highest BCUT2D eigenvalue weighted by Gasteiger charge is 2.12. The average Bonchev–Trinajstić information content (AvgIpc) is 2.78. The number of allylic oxidation sites excluding steroid dienone is 1. The summed E-state index contributed by atoms with van der Waals surface area (Å²) in [6.07, 6.45) is 1.55. The Hall–Kier alpha value is -4.11. The second-order valence-corrected chi connectivity index (χ2v) is 6.55. The molecule has 6 heteroatoms. The molecule has 0 radical (unpaired) electrons. The van der Waals surface area contributed by atoms with Crippen molar-refractivity contribution in [2.75, 3.05) is 7.11 Å². The highest BCUT2D eigenvalue weighted by Crippen LogP contribution is 2.33. The molecule has 0 amide bonds. The lowest BCUT2D eigenvalue weighted by Gasteiger charge is -2.17. The molecule has 0 spiro atoms. The predicted octanol–water partition coefficient (Wildman–Crippen LogP) is 5.81. The highest BCUT2D eigenvalue weighted by molar-refractivity contribution is 5.90. The van der Waals surface area contributed by atoms with E-state index in [0.29, 0.717) is 22.6 Å². The second kappa shape index (κ2) is 9.39. The Labute approximate surface area is 174 Å². The molecule has 1 unspecified atom stereocenters. The van der Waals surface area contributed by atoms with E-state index in [2.05, 4.69) is 6.07 Å². The van der Waals surface area contributed by atoms with Crippen LogP contribution in [-0.2, 0) is 0 Å². The van der Waals surface area contributed by atoms with Crippen molar-refractivity contribution in [2.24, 2.45) is 0 Å². The molecule has 6 nitrogen and oxygen atoms in total. The van der Waals surface area contributed by atoms with Gasteiger partial charge in [0.2, 0.25) is 0 Å². The molecule has 0 fully saturated rings. The number of nitro benzene ring substituents is 1. The minimum atomic E-state index is -0.473. The summed E-state index contributed by atoms with van der Waals surface area (Å²) in [7, 11) is 1.56. The Bertz CT molecular complexity index is 1100. The van der Waals surface area contributed by atoms with Gasteiger partial charge in [0.15, 0.2) is 11.5 Å². The number of nitro groups is 1. The van der Waals surface area contributed by atoms with Crippen LogP contribution in [0.2, 0.25) is 0 Å². The third-order valence-corrected chi connectivity index (χ3v) is 4.58. The number of non-ortho nitro benzene ring substituents is 1. The highest BCUT2D eigenvalue weighted by atomic mass is 16.6. The second-order valence-electron chi connectivity index (χ2n) is 6.55. The van der Waals surface area contributed by atoms with Crippen LogP contribution in [-0.4, -0.2) is 12.0 Å². The van der Waals surface area contributed by atoms with E-state index in [1.165, 1.54) is 12.1 Å². The van der Waals surface area contributed by atoms with Gasteiger partial charge in [-0.3, -0.25) is 10.1 Å². The fraction of sp³-hybridized carbons (Fsp3) is 0.125. The number of nitrogens with zero attached hydrogens (tertiary/aromatic N) is 2. The zero-order valence-corrected chi connectivity index (χ0v) is 16.6. The van der Waals surface area contributed by atoms with E-state index >= 15 is 0 Å². The van der Waals surface area contributed by atoms with Crippen LogP contribution >= 0.6 is 0 Å². The molecule has 0 aliphatic carbocycles. The predicted molar refractivity (Wildman–Crippen MR) is 115 cm³/mol. The zero-order chi connectivity index (χ0) is 21.5. The van der Waals surface area contributed by atoms with Crippen molar-refractivity contribution in [1.82, 2.24) is 0 Å². The number of ether oxygens (including phenoxy) is 2. The summed E-state index contributed by atoms with van der Waals surface area (Å²) in [6, 6.07) is 23.3. The van der Waals surface area contributed by atoms with Crippen molar-refractivity contribution in [3.8, 4) is 17.6 Å². The van der Waals surface area contributed by atoms with Crippen molar-refractivity contribution < 1.29 is 14.4 Å². The summed E-state index contributed by atoms with van der Waals surface area (Å²) in [6.45, 7) is 1.96. The first-order chi connectivity index (χ1) is 14.5. The Morgan fingerprint density at radius 3 is 2.37 bits per heavy atom. The Kier molecular flexibility index (Phi) is 6.46. The number of rotatable bonds is 7. The fourth-order valence-electron chi connectivity index (χ4n) is 2.96. The maximum Gasteiger partial charge on any atom is 0.269 e. The number of hydrogen-bond acceptors (Lipinski definition) is 5. The number of nitriles is 1. The smallest absolute Gasteiger partial charge is 0.269 e. The summed E-state index contributed by atoms with van der Waals surface area (Å²) in [5.74, 6) is 1.15. The molecule has 0 bridgehead atoms. The molecule has 0 heterocycles. The molecule has 150 valence electrons. The molecule has 0 saturated heterocycles. The van der Waals surface area contributed by atoms with E-state index in [4.69, 9.17) is 9.47 Å². The first-order valence-electron chi connectivity index (χ1n) is 9.28. The van der Waals surface area contributed by atoms with Gasteiger partial charge in [-0.1, -0.05) is 36.4 Å². The minimum Gasteiger partial charge on any atom is -0.493 e. The van der Waals surface area contributed by atoms with E-state index in [-0.39, 0.29) is 11.8 Å². The molecule has 30 heavy (non-hydrogen) atoms. The first-order valence-corrected chi connectivity index (χ1v) is 9.28. The lowest BCUT2D eigenvalue weighted by atomic mass is 10.0. The van der Waals surface area contributed by atoms with Gasteiger partial charge in [0.25, 0.3) is 5.69 Å². The van der Waals surface area contributed by atoms with Crippen LogP contribution in [0, 0.1) is 21.4 Å². The molecular formula is C24H20N2O4. The van der Waals surface area contributed by atoms with E-state index in [1.54, 1.807) is 37.5 Å². The van der Waals surface area contributed by atoms with Gasteiger partial charge < -0.3 is 9.47 Å². The van der Waals surface area contributed by atoms with Gasteiger partial charge in [0.05, 0.1) is 23.7 Å². The number of methoxy groups -OCH3 is 1. The summed E-state index contributed by atoms with van der Waals surface area (Å²) in [5, 5.41) is 20.3. The molecule has 0 aliphatic rings. The SMILES string of the molecule is COc1cc(C=C(C#N)c2ccc([N+](=O)[O-])cc2)ccc1OC(C)c1ccccc1. The fourth-order valence-corrected chi connectivity index (χ4v) is 2.96. The van der Waals surface area contributed by atoms with Crippen LogP contribution in [0.15, 0.2) is 72.8 Å². The van der Waals surface area contributed by atoms with E-state index in [0.717, 1.165) is 11.1 Å². The molecule has 0 aromatic heterocycles. The zero-order valence-electron chi connectivity index (χ0n) is 16.6. The molecular weight excluding hydrogens is 380 g/mol. The summed E-state index contributed by atoms with van der Waals surface area (Å²) >= 11 is 0. The lowest BCUT2D eigenvalue weighted by molar-refractivity contribution is -0.384. The van der Waals surface area contributed by atoms with Crippen molar-refractivity contribution in [1.29, 1.82) is 5.26 Å². The van der Waals surface area contributed by atoms with Crippen molar-refractivity contribution in [3.63, 3.8) is 0 Å². The molecule has 3 aromatic carbocycles. The van der Waals surface area contributed by atoms with Gasteiger partial charge in [0.1, 0.15) is 6.10 Å². The Morgan fingerprint density at radius 2 is 1.77 bits per heavy atom. The monoisotopic (exact) mass is 400 g/mol. The van der Waals surface area contributed by atoms with Crippen LogP contribution in [0.3, 0.4) is 0 Å². The molecule has 3 rings (SSSR count). The van der Waals surface area contributed by atoms with Crippen LogP contribution in [0.1, 0.15) is 29.7 Å².